The summed E-state index contributed by atoms with van der Waals surface area (Å²) in [5, 5.41) is 2.88. The number of hydrogen-bond acceptors (Lipinski definition) is 4. The number of carbonyl (C=O) groups excluding carboxylic acids is 1. The lowest BCUT2D eigenvalue weighted by atomic mass is 10.1. The quantitative estimate of drug-likeness (QED) is 0.741. The normalized spacial score (nSPS) is 12.9. The Labute approximate surface area is 156 Å². The van der Waals surface area contributed by atoms with Crippen LogP contribution in [0.3, 0.4) is 0 Å². The van der Waals surface area contributed by atoms with Crippen molar-refractivity contribution in [3.8, 4) is 11.5 Å². The summed E-state index contributed by atoms with van der Waals surface area (Å²) in [6.45, 7) is 1.60. The highest BCUT2D eigenvalue weighted by atomic mass is 16.6. The Bertz CT molecular complexity index is 1050. The third-order valence-corrected chi connectivity index (χ3v) is 4.70. The number of fused-ring (bicyclic) bond motifs is 2. The van der Waals surface area contributed by atoms with E-state index in [1.165, 1.54) is 4.57 Å². The zero-order chi connectivity index (χ0) is 18.8. The van der Waals surface area contributed by atoms with Crippen molar-refractivity contribution in [2.24, 2.45) is 7.05 Å². The minimum absolute atomic E-state index is 0.00132. The number of imidazole rings is 1. The van der Waals surface area contributed by atoms with Crippen LogP contribution in [0.1, 0.15) is 5.56 Å². The largest absolute Gasteiger partial charge is 0.486 e. The predicted octanol–water partition coefficient (Wildman–Crippen LogP) is 1.47. The fourth-order valence-corrected chi connectivity index (χ4v) is 3.31. The summed E-state index contributed by atoms with van der Waals surface area (Å²) in [6, 6.07) is 13.2. The first-order valence-corrected chi connectivity index (χ1v) is 8.93. The third kappa shape index (κ3) is 3.40. The average Bonchev–Trinajstić information content (AvgIpc) is 2.93. The Morgan fingerprint density at radius 1 is 1.07 bits per heavy atom. The van der Waals surface area contributed by atoms with Gasteiger partial charge in [-0.05, 0) is 36.2 Å². The van der Waals surface area contributed by atoms with Crippen molar-refractivity contribution in [1.82, 2.24) is 14.5 Å². The van der Waals surface area contributed by atoms with Gasteiger partial charge >= 0.3 is 5.69 Å². The maximum Gasteiger partial charge on any atom is 0.329 e. The van der Waals surface area contributed by atoms with Gasteiger partial charge in [0.1, 0.15) is 19.8 Å². The number of ether oxygens (including phenoxy) is 2. The van der Waals surface area contributed by atoms with Crippen LogP contribution in [0.15, 0.2) is 47.3 Å². The Kier molecular flexibility index (Phi) is 4.58. The molecule has 0 saturated heterocycles. The van der Waals surface area contributed by atoms with E-state index in [1.807, 2.05) is 42.5 Å². The van der Waals surface area contributed by atoms with Crippen molar-refractivity contribution in [1.29, 1.82) is 0 Å². The molecule has 0 unspecified atom stereocenters. The van der Waals surface area contributed by atoms with Gasteiger partial charge in [0.15, 0.2) is 11.5 Å². The second-order valence-corrected chi connectivity index (χ2v) is 6.49. The molecule has 0 aliphatic carbocycles. The molecule has 1 aliphatic rings. The Morgan fingerprint density at radius 3 is 2.63 bits per heavy atom. The summed E-state index contributed by atoms with van der Waals surface area (Å²) >= 11 is 0. The second kappa shape index (κ2) is 7.19. The number of hydrogen-bond donors (Lipinski definition) is 1. The van der Waals surface area contributed by atoms with E-state index in [9.17, 15) is 9.59 Å². The molecule has 0 fully saturated rings. The fraction of sp³-hybridized carbons (Fsp3) is 0.300. The van der Waals surface area contributed by atoms with Crippen molar-refractivity contribution in [3.05, 3.63) is 58.5 Å². The van der Waals surface area contributed by atoms with E-state index in [4.69, 9.17) is 9.47 Å². The highest BCUT2D eigenvalue weighted by Crippen LogP contribution is 2.30. The second-order valence-electron chi connectivity index (χ2n) is 6.49. The molecule has 1 N–H and O–H groups in total. The van der Waals surface area contributed by atoms with E-state index in [1.54, 1.807) is 11.6 Å². The number of nitrogens with zero attached hydrogens (tertiary/aromatic N) is 2. The molecule has 0 spiro atoms. The van der Waals surface area contributed by atoms with Crippen LogP contribution in [0.2, 0.25) is 0 Å². The predicted molar refractivity (Wildman–Crippen MR) is 101 cm³/mol. The number of carbonyl (C=O) groups is 1. The van der Waals surface area contributed by atoms with Crippen molar-refractivity contribution in [2.75, 3.05) is 19.8 Å². The topological polar surface area (TPSA) is 74.5 Å². The zero-order valence-electron chi connectivity index (χ0n) is 15.1. The van der Waals surface area contributed by atoms with Crippen molar-refractivity contribution in [2.45, 2.75) is 13.0 Å². The van der Waals surface area contributed by atoms with Crippen LogP contribution in [0.25, 0.3) is 11.0 Å². The molecule has 2 heterocycles. The standard InChI is InChI=1S/C20H21N3O4/c1-22-15-4-2-3-5-16(15)23(20(22)25)13-19(24)21-9-8-14-6-7-17-18(12-14)27-11-10-26-17/h2-7,12H,8-11,13H2,1H3,(H,21,24). The van der Waals surface area contributed by atoms with E-state index in [-0.39, 0.29) is 18.1 Å². The smallest absolute Gasteiger partial charge is 0.329 e. The molecule has 1 aromatic heterocycles. The van der Waals surface area contributed by atoms with Crippen LogP contribution >= 0.6 is 0 Å². The van der Waals surface area contributed by atoms with Gasteiger partial charge in [-0.1, -0.05) is 18.2 Å². The van der Waals surface area contributed by atoms with Gasteiger partial charge in [0.25, 0.3) is 0 Å². The van der Waals surface area contributed by atoms with Crippen LogP contribution in [0, 0.1) is 0 Å². The van der Waals surface area contributed by atoms with Gasteiger partial charge in [0.2, 0.25) is 5.91 Å². The molecule has 0 radical (unpaired) electrons. The van der Waals surface area contributed by atoms with Gasteiger partial charge in [0, 0.05) is 13.6 Å². The number of para-hydroxylation sites is 2. The van der Waals surface area contributed by atoms with E-state index < -0.39 is 0 Å². The zero-order valence-corrected chi connectivity index (χ0v) is 15.1. The van der Waals surface area contributed by atoms with Crippen LogP contribution in [-0.2, 0) is 24.8 Å². The maximum absolute atomic E-state index is 12.4. The molecule has 0 atom stereocenters. The Morgan fingerprint density at radius 2 is 1.81 bits per heavy atom. The van der Waals surface area contributed by atoms with Gasteiger partial charge in [-0.2, -0.15) is 0 Å². The fourth-order valence-electron chi connectivity index (χ4n) is 3.31. The number of amides is 1. The third-order valence-electron chi connectivity index (χ3n) is 4.70. The molecule has 0 saturated carbocycles. The van der Waals surface area contributed by atoms with Crippen LogP contribution < -0.4 is 20.5 Å². The molecular weight excluding hydrogens is 346 g/mol. The molecule has 1 aliphatic heterocycles. The minimum atomic E-state index is -0.196. The summed E-state index contributed by atoms with van der Waals surface area (Å²) in [5.41, 5.74) is 2.43. The molecule has 27 heavy (non-hydrogen) atoms. The molecule has 4 rings (SSSR count). The van der Waals surface area contributed by atoms with E-state index in [0.717, 1.165) is 28.1 Å². The summed E-state index contributed by atoms with van der Waals surface area (Å²) < 4.78 is 14.1. The van der Waals surface area contributed by atoms with E-state index in [0.29, 0.717) is 26.2 Å². The number of aromatic nitrogens is 2. The highest BCUT2D eigenvalue weighted by Gasteiger charge is 2.14. The summed E-state index contributed by atoms with van der Waals surface area (Å²) in [6.07, 6.45) is 0.673. The number of nitrogens with one attached hydrogen (secondary N) is 1. The number of aryl methyl sites for hydroxylation is 1. The van der Waals surface area contributed by atoms with Gasteiger partial charge in [-0.25, -0.2) is 4.79 Å². The average molecular weight is 367 g/mol. The molecule has 3 aromatic rings. The van der Waals surface area contributed by atoms with Crippen LogP contribution in [0.4, 0.5) is 0 Å². The van der Waals surface area contributed by atoms with Crippen molar-refractivity contribution < 1.29 is 14.3 Å². The number of benzene rings is 2. The molecular formula is C20H21N3O4. The monoisotopic (exact) mass is 367 g/mol. The summed E-state index contributed by atoms with van der Waals surface area (Å²) in [4.78, 5) is 24.7. The highest BCUT2D eigenvalue weighted by molar-refractivity contribution is 5.80. The Balaban J connectivity index is 1.38. The molecule has 1 amide bonds. The molecule has 7 heteroatoms. The summed E-state index contributed by atoms with van der Waals surface area (Å²) in [7, 11) is 1.71. The van der Waals surface area contributed by atoms with Gasteiger partial charge in [-0.3, -0.25) is 13.9 Å². The minimum Gasteiger partial charge on any atom is -0.486 e. The van der Waals surface area contributed by atoms with Crippen molar-refractivity contribution in [3.63, 3.8) is 0 Å². The number of rotatable bonds is 5. The van der Waals surface area contributed by atoms with E-state index in [2.05, 4.69) is 5.32 Å². The first-order valence-electron chi connectivity index (χ1n) is 8.93. The molecule has 2 aromatic carbocycles. The lowest BCUT2D eigenvalue weighted by Gasteiger charge is -2.18. The SMILES string of the molecule is Cn1c(=O)n(CC(=O)NCCc2ccc3c(c2)OCCO3)c2ccccc21. The van der Waals surface area contributed by atoms with E-state index >= 15 is 0 Å². The van der Waals surface area contributed by atoms with Gasteiger partial charge in [-0.15, -0.1) is 0 Å². The summed E-state index contributed by atoms with van der Waals surface area (Å²) in [5.74, 6) is 1.31. The Hall–Kier alpha value is -3.22. The first-order chi connectivity index (χ1) is 13.1. The molecule has 7 nitrogen and oxygen atoms in total. The molecule has 0 bridgehead atoms. The first kappa shape index (κ1) is 17.2. The van der Waals surface area contributed by atoms with Crippen LogP contribution in [-0.4, -0.2) is 34.8 Å². The van der Waals surface area contributed by atoms with Gasteiger partial charge in [0.05, 0.1) is 11.0 Å². The molecule has 140 valence electrons. The van der Waals surface area contributed by atoms with Crippen molar-refractivity contribution >= 4 is 16.9 Å². The van der Waals surface area contributed by atoms with Gasteiger partial charge < -0.3 is 14.8 Å². The lowest BCUT2D eigenvalue weighted by Crippen LogP contribution is -2.33. The van der Waals surface area contributed by atoms with Crippen LogP contribution in [0.5, 0.6) is 11.5 Å². The lowest BCUT2D eigenvalue weighted by molar-refractivity contribution is -0.121. The maximum atomic E-state index is 12.4.